The van der Waals surface area contributed by atoms with Gasteiger partial charge in [-0.05, 0) is 65.4 Å². The Morgan fingerprint density at radius 2 is 2.22 bits per heavy atom. The van der Waals surface area contributed by atoms with E-state index in [1.54, 1.807) is 17.4 Å². The number of carbonyl (C=O) groups is 2. The minimum absolute atomic E-state index is 0.0363. The molecule has 4 aliphatic rings. The molecule has 2 aliphatic carbocycles. The monoisotopic (exact) mass is 582 g/mol. The summed E-state index contributed by atoms with van der Waals surface area (Å²) in [5.41, 5.74) is 1.26. The highest BCUT2D eigenvalue weighted by Gasteiger charge is 2.75. The highest BCUT2D eigenvalue weighted by Crippen LogP contribution is 2.65. The first kappa shape index (κ1) is 24.9. The highest BCUT2D eigenvalue weighted by molar-refractivity contribution is 9.10. The first-order valence-corrected chi connectivity index (χ1v) is 14.5. The van der Waals surface area contributed by atoms with Crippen LogP contribution >= 0.6 is 27.3 Å². The van der Waals surface area contributed by atoms with Gasteiger partial charge in [0, 0.05) is 53.4 Å². The van der Waals surface area contributed by atoms with Crippen molar-refractivity contribution < 1.29 is 19.1 Å². The summed E-state index contributed by atoms with van der Waals surface area (Å²) < 4.78 is 14.2. The summed E-state index contributed by atoms with van der Waals surface area (Å²) in [5, 5.41) is 2.00. The van der Waals surface area contributed by atoms with Gasteiger partial charge in [-0.3, -0.25) is 14.5 Å². The van der Waals surface area contributed by atoms with E-state index in [0.29, 0.717) is 12.8 Å². The van der Waals surface area contributed by atoms with E-state index in [1.807, 2.05) is 41.6 Å². The Balaban J connectivity index is 1.42. The number of piperidine rings is 1. The summed E-state index contributed by atoms with van der Waals surface area (Å²) in [5.74, 6) is 0.563. The second-order valence-corrected chi connectivity index (χ2v) is 12.5. The summed E-state index contributed by atoms with van der Waals surface area (Å²) in [6.45, 7) is 7.11. The van der Waals surface area contributed by atoms with Gasteiger partial charge in [0.2, 0.25) is 5.91 Å². The molecule has 6 nitrogen and oxygen atoms in total. The van der Waals surface area contributed by atoms with E-state index in [9.17, 15) is 9.59 Å². The van der Waals surface area contributed by atoms with Gasteiger partial charge in [0.05, 0.1) is 17.5 Å². The van der Waals surface area contributed by atoms with Gasteiger partial charge in [0.1, 0.15) is 17.5 Å². The molecule has 2 aliphatic heterocycles. The predicted octanol–water partition coefficient (Wildman–Crippen LogP) is 4.96. The number of nitrogens with zero attached hydrogens (tertiary/aromatic N) is 2. The third-order valence-corrected chi connectivity index (χ3v) is 10.6. The molecule has 8 heteroatoms. The fourth-order valence-electron chi connectivity index (χ4n) is 7.64. The molecule has 3 heterocycles. The van der Waals surface area contributed by atoms with E-state index < -0.39 is 11.0 Å². The number of carbonyl (C=O) groups excluding carboxylic acids is 2. The lowest BCUT2D eigenvalue weighted by Gasteiger charge is -2.65. The molecule has 2 bridgehead atoms. The largest absolute Gasteiger partial charge is 0.487 e. The van der Waals surface area contributed by atoms with Crippen LogP contribution < -0.4 is 4.74 Å². The van der Waals surface area contributed by atoms with Crippen molar-refractivity contribution in [1.82, 2.24) is 9.80 Å². The number of benzene rings is 1. The molecule has 1 aromatic carbocycles. The number of halogens is 1. The van der Waals surface area contributed by atoms with Crippen molar-refractivity contribution in [3.05, 3.63) is 68.9 Å². The molecule has 6 rings (SSSR count). The number of likely N-dealkylation sites (N-methyl/N-ethyl adjacent to an activating group) is 1. The van der Waals surface area contributed by atoms with Crippen LogP contribution in [0.25, 0.3) is 6.08 Å². The van der Waals surface area contributed by atoms with Crippen molar-refractivity contribution in [1.29, 1.82) is 0 Å². The number of ether oxygens (including phenoxy) is 2. The number of rotatable bonds is 6. The number of thiophene rings is 1. The molecule has 1 spiro atoms. The molecule has 0 unspecified atom stereocenters. The molecule has 194 valence electrons. The molecular weight excluding hydrogens is 552 g/mol. The Labute approximate surface area is 230 Å². The van der Waals surface area contributed by atoms with Crippen LogP contribution in [-0.4, -0.2) is 65.6 Å². The van der Waals surface area contributed by atoms with E-state index in [1.165, 1.54) is 18.1 Å². The molecule has 0 radical (unpaired) electrons. The Hall–Kier alpha value is -2.42. The van der Waals surface area contributed by atoms with Crippen molar-refractivity contribution in [2.45, 2.75) is 61.8 Å². The van der Waals surface area contributed by atoms with Crippen LogP contribution in [0, 0.1) is 0 Å². The number of likely N-dealkylation sites (tertiary alicyclic amines) is 1. The fraction of sp³-hybridized carbons (Fsp3) is 0.448. The molecule has 0 N–H and O–H groups in total. The lowest BCUT2D eigenvalue weighted by molar-refractivity contribution is -0.222. The number of esters is 1. The maximum Gasteiger partial charge on any atom is 0.303 e. The molecule has 5 atom stereocenters. The lowest BCUT2D eigenvalue weighted by atomic mass is 9.48. The molecule has 1 amide bonds. The summed E-state index contributed by atoms with van der Waals surface area (Å²) in [4.78, 5) is 31.3. The van der Waals surface area contributed by atoms with Gasteiger partial charge in [-0.25, -0.2) is 0 Å². The minimum atomic E-state index is -0.705. The van der Waals surface area contributed by atoms with E-state index in [0.717, 1.165) is 41.0 Å². The van der Waals surface area contributed by atoms with Crippen LogP contribution in [0.5, 0.6) is 5.75 Å². The van der Waals surface area contributed by atoms with Crippen molar-refractivity contribution in [3.63, 3.8) is 0 Å². The van der Waals surface area contributed by atoms with Crippen LogP contribution in [0.1, 0.15) is 42.2 Å². The minimum Gasteiger partial charge on any atom is -0.487 e. The van der Waals surface area contributed by atoms with Crippen LogP contribution in [-0.2, 0) is 26.2 Å². The Morgan fingerprint density at radius 1 is 1.38 bits per heavy atom. The highest BCUT2D eigenvalue weighted by atomic mass is 79.9. The normalized spacial score (nSPS) is 31.5. The van der Waals surface area contributed by atoms with Gasteiger partial charge in [-0.1, -0.05) is 18.2 Å². The number of hydrogen-bond donors (Lipinski definition) is 0. The quantitative estimate of drug-likeness (QED) is 0.274. The van der Waals surface area contributed by atoms with Crippen LogP contribution in [0.2, 0.25) is 0 Å². The summed E-state index contributed by atoms with van der Waals surface area (Å²) in [6, 6.07) is 8.18. The topological polar surface area (TPSA) is 59.1 Å². The van der Waals surface area contributed by atoms with Gasteiger partial charge >= 0.3 is 5.97 Å². The number of hydrogen-bond acceptors (Lipinski definition) is 6. The Morgan fingerprint density at radius 3 is 2.95 bits per heavy atom. The molecule has 1 saturated heterocycles. The molecule has 1 saturated carbocycles. The second kappa shape index (κ2) is 9.10. The fourth-order valence-corrected chi connectivity index (χ4v) is 8.98. The smallest absolute Gasteiger partial charge is 0.303 e. The van der Waals surface area contributed by atoms with E-state index in [-0.39, 0.29) is 30.1 Å². The van der Waals surface area contributed by atoms with Crippen molar-refractivity contribution >= 4 is 45.2 Å². The van der Waals surface area contributed by atoms with E-state index in [4.69, 9.17) is 9.47 Å². The van der Waals surface area contributed by atoms with Gasteiger partial charge in [-0.15, -0.1) is 17.9 Å². The third-order valence-electron chi connectivity index (χ3n) is 8.91. The summed E-state index contributed by atoms with van der Waals surface area (Å²) in [7, 11) is 1.87. The molecular formula is C29H31BrN2O4S. The SMILES string of the molecule is C=CCN1CC[C@]23c4c5cccc4O[C@H]2[C@H](N(C)C(=O)/C=C/c2cc(Br)cs2)CC[C@@]3(OC(C)=O)[C@H]1C5. The summed E-state index contributed by atoms with van der Waals surface area (Å²) in [6.07, 6.45) is 8.15. The molecule has 37 heavy (non-hydrogen) atoms. The lowest BCUT2D eigenvalue weighted by Crippen LogP contribution is -2.79. The second-order valence-electron chi connectivity index (χ2n) is 10.6. The zero-order valence-corrected chi connectivity index (χ0v) is 23.5. The molecule has 2 fully saturated rings. The first-order valence-electron chi connectivity index (χ1n) is 12.8. The van der Waals surface area contributed by atoms with Crippen LogP contribution in [0.4, 0.5) is 0 Å². The zero-order valence-electron chi connectivity index (χ0n) is 21.1. The molecule has 2 aromatic rings. The zero-order chi connectivity index (χ0) is 25.9. The van der Waals surface area contributed by atoms with Crippen molar-refractivity contribution in [2.24, 2.45) is 0 Å². The number of amides is 1. The standard InChI is InChI=1S/C29H31BrN2O4S/c1-4-13-32-14-12-28-26-19-6-5-7-23(26)35-27(28)22(10-11-29(28,24(32)15-19)36-18(2)33)31(3)25(34)9-8-21-16-20(30)17-37-21/h4-9,16-17,22,24,27H,1,10-15H2,2-3H3/b9-8+/t22-,24-,27+,28+,29-/m1/s1. The van der Waals surface area contributed by atoms with E-state index >= 15 is 0 Å². The van der Waals surface area contributed by atoms with E-state index in [2.05, 4.69) is 39.5 Å². The van der Waals surface area contributed by atoms with Gasteiger partial charge in [0.25, 0.3) is 0 Å². The predicted molar refractivity (Wildman–Crippen MR) is 148 cm³/mol. The van der Waals surface area contributed by atoms with Crippen molar-refractivity contribution in [2.75, 3.05) is 20.1 Å². The third kappa shape index (κ3) is 3.59. The summed E-state index contributed by atoms with van der Waals surface area (Å²) >= 11 is 5.06. The first-order chi connectivity index (χ1) is 17.8. The van der Waals surface area contributed by atoms with Crippen LogP contribution in [0.3, 0.4) is 0 Å². The average Bonchev–Trinajstić information content (AvgIpc) is 3.44. The van der Waals surface area contributed by atoms with Gasteiger partial charge < -0.3 is 14.4 Å². The maximum absolute atomic E-state index is 13.4. The Bertz CT molecular complexity index is 1310. The van der Waals surface area contributed by atoms with Gasteiger partial charge in [0.15, 0.2) is 0 Å². The van der Waals surface area contributed by atoms with Crippen molar-refractivity contribution in [3.8, 4) is 5.75 Å². The Kier molecular flexibility index (Phi) is 6.12. The maximum atomic E-state index is 13.4. The average molecular weight is 584 g/mol. The van der Waals surface area contributed by atoms with Gasteiger partial charge in [-0.2, -0.15) is 0 Å². The van der Waals surface area contributed by atoms with Crippen LogP contribution in [0.15, 0.2) is 52.8 Å². The molecule has 1 aromatic heterocycles.